The fourth-order valence-electron chi connectivity index (χ4n) is 1.34. The van der Waals surface area contributed by atoms with Crippen LogP contribution in [0.5, 0.6) is 0 Å². The lowest BCUT2D eigenvalue weighted by molar-refractivity contribution is 0.842. The Morgan fingerprint density at radius 3 is 3.08 bits per heavy atom. The van der Waals surface area contributed by atoms with Crippen LogP contribution in [0.25, 0.3) is 0 Å². The first-order valence-corrected chi connectivity index (χ1v) is 4.85. The lowest BCUT2D eigenvalue weighted by Gasteiger charge is -2.31. The van der Waals surface area contributed by atoms with E-state index in [1.807, 2.05) is 12.3 Å². The smallest absolute Gasteiger partial charge is 0.152 e. The maximum Gasteiger partial charge on any atom is 0.152 e. The van der Waals surface area contributed by atoms with Crippen molar-refractivity contribution >= 4 is 34.4 Å². The molecule has 2 heterocycles. The van der Waals surface area contributed by atoms with Crippen LogP contribution in [-0.2, 0) is 0 Å². The topological polar surface area (TPSA) is 19.4 Å². The van der Waals surface area contributed by atoms with Gasteiger partial charge in [0.25, 0.3) is 0 Å². The van der Waals surface area contributed by atoms with Gasteiger partial charge in [-0.15, -0.1) is 0 Å². The van der Waals surface area contributed by atoms with E-state index < -0.39 is 0 Å². The van der Waals surface area contributed by atoms with Gasteiger partial charge in [0.2, 0.25) is 0 Å². The minimum atomic E-state index is 1.05. The maximum atomic E-state index is 4.33. The first-order chi connectivity index (χ1) is 5.79. The Bertz CT molecular complexity index is 260. The lowest BCUT2D eigenvalue weighted by Crippen LogP contribution is -2.34. The van der Waals surface area contributed by atoms with Crippen molar-refractivity contribution < 1.29 is 0 Å². The molecule has 1 aliphatic heterocycles. The highest BCUT2D eigenvalue weighted by Crippen LogP contribution is 2.31. The highest BCUT2D eigenvalue weighted by atomic mass is 127. The molecule has 0 saturated carbocycles. The normalized spacial score (nSPS) is 16.2. The average Bonchev–Trinajstić information content (AvgIpc) is 2.12. The summed E-state index contributed by atoms with van der Waals surface area (Å²) in [6.07, 6.45) is 1.84. The van der Waals surface area contributed by atoms with E-state index in [0.29, 0.717) is 0 Å². The summed E-state index contributed by atoms with van der Waals surface area (Å²) in [5.74, 6) is 1.08. The molecule has 2 rings (SSSR count). The highest BCUT2D eigenvalue weighted by Gasteiger charge is 2.18. The van der Waals surface area contributed by atoms with E-state index in [-0.39, 0.29) is 0 Å². The number of aromatic nitrogens is 1. The third-order valence-corrected chi connectivity index (χ3v) is 3.02. The quantitative estimate of drug-likeness (QED) is 0.530. The number of nitrogens with zero attached hydrogens (tertiary/aromatic N) is 3. The van der Waals surface area contributed by atoms with Gasteiger partial charge in [-0.05, 0) is 12.1 Å². The number of likely N-dealkylation sites (N-methyl/N-ethyl adjacent to an activating group) is 1. The molecule has 0 atom stereocenters. The Labute approximate surface area is 85.9 Å². The van der Waals surface area contributed by atoms with Crippen molar-refractivity contribution in [3.05, 3.63) is 18.3 Å². The van der Waals surface area contributed by atoms with E-state index in [0.717, 1.165) is 18.9 Å². The molecule has 64 valence electrons. The summed E-state index contributed by atoms with van der Waals surface area (Å²) in [5, 5.41) is 0. The second kappa shape index (κ2) is 3.08. The molecule has 0 N–H and O–H groups in total. The van der Waals surface area contributed by atoms with Gasteiger partial charge in [-0.3, -0.25) is 0 Å². The number of fused-ring (bicyclic) bond motifs is 1. The average molecular weight is 275 g/mol. The van der Waals surface area contributed by atoms with E-state index in [1.54, 1.807) is 0 Å². The van der Waals surface area contributed by atoms with Gasteiger partial charge in [-0.1, -0.05) is 0 Å². The van der Waals surface area contributed by atoms with Crippen LogP contribution in [0.4, 0.5) is 11.5 Å². The van der Waals surface area contributed by atoms with Crippen molar-refractivity contribution in [2.45, 2.75) is 0 Å². The van der Waals surface area contributed by atoms with Crippen molar-refractivity contribution in [3.8, 4) is 0 Å². The molecule has 12 heavy (non-hydrogen) atoms. The Kier molecular flexibility index (Phi) is 2.08. The minimum absolute atomic E-state index is 1.05. The van der Waals surface area contributed by atoms with E-state index >= 15 is 0 Å². The van der Waals surface area contributed by atoms with Crippen molar-refractivity contribution in [1.29, 1.82) is 0 Å². The summed E-state index contributed by atoms with van der Waals surface area (Å²) in [5.41, 5.74) is 1.21. The predicted octanol–water partition coefficient (Wildman–Crippen LogP) is 1.69. The summed E-state index contributed by atoms with van der Waals surface area (Å²) < 4.78 is 2.21. The number of hydrogen-bond acceptors (Lipinski definition) is 3. The predicted molar refractivity (Wildman–Crippen MR) is 58.9 cm³/mol. The number of hydrogen-bond donors (Lipinski definition) is 0. The van der Waals surface area contributed by atoms with Crippen LogP contribution in [0.15, 0.2) is 18.3 Å². The van der Waals surface area contributed by atoms with E-state index in [2.05, 4.69) is 49.0 Å². The van der Waals surface area contributed by atoms with Gasteiger partial charge in [0, 0.05) is 26.3 Å². The van der Waals surface area contributed by atoms with Gasteiger partial charge in [0.15, 0.2) is 5.82 Å². The Morgan fingerprint density at radius 2 is 2.33 bits per heavy atom. The zero-order chi connectivity index (χ0) is 8.55. The van der Waals surface area contributed by atoms with Crippen molar-refractivity contribution in [1.82, 2.24) is 4.98 Å². The van der Waals surface area contributed by atoms with Crippen LogP contribution in [-0.4, -0.2) is 25.1 Å². The van der Waals surface area contributed by atoms with Gasteiger partial charge in [0.05, 0.1) is 28.6 Å². The first-order valence-electron chi connectivity index (χ1n) is 3.88. The van der Waals surface area contributed by atoms with Crippen molar-refractivity contribution in [3.63, 3.8) is 0 Å². The third-order valence-electron chi connectivity index (χ3n) is 2.02. The van der Waals surface area contributed by atoms with Gasteiger partial charge in [0.1, 0.15) is 0 Å². The molecule has 1 aliphatic rings. The Balaban J connectivity index is 2.47. The summed E-state index contributed by atoms with van der Waals surface area (Å²) >= 11 is 2.32. The minimum Gasteiger partial charge on any atom is -0.356 e. The fourth-order valence-corrected chi connectivity index (χ4v) is 1.93. The largest absolute Gasteiger partial charge is 0.356 e. The second-order valence-corrected chi connectivity index (χ2v) is 4.02. The number of halogens is 1. The second-order valence-electron chi connectivity index (χ2n) is 2.85. The first kappa shape index (κ1) is 8.10. The standard InChI is InChI=1S/C8H10IN3/c1-11-5-6-12(9)7-3-2-4-10-8(7)11/h2-4H,5-6H2,1H3. The SMILES string of the molecule is CN1CCN(I)c2cccnc21. The summed E-state index contributed by atoms with van der Waals surface area (Å²) in [4.78, 5) is 6.52. The Morgan fingerprint density at radius 1 is 1.50 bits per heavy atom. The van der Waals surface area contributed by atoms with Crippen LogP contribution in [0.1, 0.15) is 0 Å². The molecule has 0 spiro atoms. The van der Waals surface area contributed by atoms with E-state index in [4.69, 9.17) is 0 Å². The van der Waals surface area contributed by atoms with Gasteiger partial charge in [-0.2, -0.15) is 0 Å². The third kappa shape index (κ3) is 1.24. The van der Waals surface area contributed by atoms with Crippen LogP contribution < -0.4 is 8.01 Å². The van der Waals surface area contributed by atoms with Crippen LogP contribution >= 0.6 is 22.9 Å². The molecule has 0 amide bonds. The fraction of sp³-hybridized carbons (Fsp3) is 0.375. The van der Waals surface area contributed by atoms with Crippen molar-refractivity contribution in [2.75, 3.05) is 28.2 Å². The lowest BCUT2D eigenvalue weighted by atomic mass is 10.3. The van der Waals surface area contributed by atoms with E-state index in [9.17, 15) is 0 Å². The molecule has 0 unspecified atom stereocenters. The van der Waals surface area contributed by atoms with Crippen molar-refractivity contribution in [2.24, 2.45) is 0 Å². The molecule has 3 nitrogen and oxygen atoms in total. The molecular formula is C8H10IN3. The highest BCUT2D eigenvalue weighted by molar-refractivity contribution is 14.1. The molecule has 4 heteroatoms. The monoisotopic (exact) mass is 275 g/mol. The van der Waals surface area contributed by atoms with Gasteiger partial charge in [-0.25, -0.2) is 4.98 Å². The van der Waals surface area contributed by atoms with Crippen LogP contribution in [0.3, 0.4) is 0 Å². The molecule has 0 saturated heterocycles. The molecule has 0 aromatic carbocycles. The molecule has 0 radical (unpaired) electrons. The zero-order valence-corrected chi connectivity index (χ0v) is 9.02. The Hall–Kier alpha value is -0.520. The number of pyridine rings is 1. The summed E-state index contributed by atoms with van der Waals surface area (Å²) in [6.45, 7) is 2.11. The molecule has 0 fully saturated rings. The summed E-state index contributed by atoms with van der Waals surface area (Å²) in [6, 6.07) is 4.08. The molecule has 0 bridgehead atoms. The maximum absolute atomic E-state index is 4.33. The number of anilines is 2. The molecule has 1 aromatic rings. The number of rotatable bonds is 0. The van der Waals surface area contributed by atoms with Gasteiger partial charge >= 0.3 is 0 Å². The van der Waals surface area contributed by atoms with Crippen LogP contribution in [0, 0.1) is 0 Å². The zero-order valence-electron chi connectivity index (χ0n) is 6.87. The summed E-state index contributed by atoms with van der Waals surface area (Å²) in [7, 11) is 2.08. The molecule has 0 aliphatic carbocycles. The van der Waals surface area contributed by atoms with Gasteiger partial charge < -0.3 is 8.01 Å². The van der Waals surface area contributed by atoms with Crippen LogP contribution in [0.2, 0.25) is 0 Å². The molecular weight excluding hydrogens is 265 g/mol. The van der Waals surface area contributed by atoms with E-state index in [1.165, 1.54) is 5.69 Å². The molecule has 1 aromatic heterocycles.